The highest BCUT2D eigenvalue weighted by molar-refractivity contribution is 5.98. The van der Waals surface area contributed by atoms with E-state index in [9.17, 15) is 9.59 Å². The Morgan fingerprint density at radius 1 is 1.12 bits per heavy atom. The third-order valence-electron chi connectivity index (χ3n) is 5.42. The fourth-order valence-corrected chi connectivity index (χ4v) is 3.99. The lowest BCUT2D eigenvalue weighted by molar-refractivity contribution is -0.134. The lowest BCUT2D eigenvalue weighted by atomic mass is 9.88. The zero-order valence-corrected chi connectivity index (χ0v) is 16.7. The first kappa shape index (κ1) is 20.9. The van der Waals surface area contributed by atoms with E-state index < -0.39 is 0 Å². The average Bonchev–Trinajstić information content (AvgIpc) is 3.15. The second-order valence-electron chi connectivity index (χ2n) is 7.91. The summed E-state index contributed by atoms with van der Waals surface area (Å²) in [6, 6.07) is 8.11. The van der Waals surface area contributed by atoms with E-state index in [2.05, 4.69) is 31.3 Å². The molecule has 0 bridgehead atoms. The van der Waals surface area contributed by atoms with Crippen LogP contribution in [0.5, 0.6) is 0 Å². The molecule has 0 spiro atoms. The molecule has 1 N–H and O–H groups in total. The summed E-state index contributed by atoms with van der Waals surface area (Å²) >= 11 is 0. The van der Waals surface area contributed by atoms with Crippen LogP contribution in [0.15, 0.2) is 24.3 Å². The van der Waals surface area contributed by atoms with Crippen LogP contribution >= 0.6 is 12.4 Å². The number of benzene rings is 1. The minimum Gasteiger partial charge on any atom is -0.341 e. The maximum absolute atomic E-state index is 12.8. The molecular formula is C21H31ClN2O2. The number of hydrogen-bond acceptors (Lipinski definition) is 3. The summed E-state index contributed by atoms with van der Waals surface area (Å²) in [6.07, 6.45) is 4.64. The van der Waals surface area contributed by atoms with E-state index in [1.807, 2.05) is 17.0 Å². The molecule has 26 heavy (non-hydrogen) atoms. The number of amides is 1. The zero-order valence-electron chi connectivity index (χ0n) is 15.9. The van der Waals surface area contributed by atoms with Crippen LogP contribution in [0, 0.1) is 11.8 Å². The van der Waals surface area contributed by atoms with Crippen LogP contribution in [0.1, 0.15) is 55.5 Å². The largest absolute Gasteiger partial charge is 0.341 e. The highest BCUT2D eigenvalue weighted by atomic mass is 35.5. The highest BCUT2D eigenvalue weighted by Gasteiger charge is 2.32. The molecule has 1 atom stereocenters. The summed E-state index contributed by atoms with van der Waals surface area (Å²) in [4.78, 5) is 27.1. The molecule has 0 aromatic heterocycles. The third-order valence-corrected chi connectivity index (χ3v) is 5.42. The van der Waals surface area contributed by atoms with Gasteiger partial charge in [-0.2, -0.15) is 0 Å². The molecule has 1 unspecified atom stereocenters. The van der Waals surface area contributed by atoms with Crippen molar-refractivity contribution in [1.82, 2.24) is 10.2 Å². The van der Waals surface area contributed by atoms with Gasteiger partial charge in [0.05, 0.1) is 6.04 Å². The number of likely N-dealkylation sites (tertiary alicyclic amines) is 1. The van der Waals surface area contributed by atoms with Gasteiger partial charge in [-0.3, -0.25) is 9.59 Å². The minimum atomic E-state index is 0. The Kier molecular flexibility index (Phi) is 7.66. The maximum atomic E-state index is 12.8. The molecule has 1 amide bonds. The number of ketones is 1. The highest BCUT2D eigenvalue weighted by Crippen LogP contribution is 2.23. The third kappa shape index (κ3) is 5.08. The Bertz CT molecular complexity index is 601. The van der Waals surface area contributed by atoms with Gasteiger partial charge in [-0.25, -0.2) is 0 Å². The van der Waals surface area contributed by atoms with Crippen LogP contribution in [0.2, 0.25) is 0 Å². The van der Waals surface area contributed by atoms with Crippen LogP contribution in [0.3, 0.4) is 0 Å². The van der Waals surface area contributed by atoms with Crippen molar-refractivity contribution in [3.05, 3.63) is 35.4 Å². The lowest BCUT2D eigenvalue weighted by Crippen LogP contribution is -2.47. The first-order chi connectivity index (χ1) is 12.0. The molecule has 1 aromatic rings. The van der Waals surface area contributed by atoms with E-state index in [1.165, 1.54) is 5.56 Å². The fraction of sp³-hybridized carbons (Fsp3) is 0.619. The monoisotopic (exact) mass is 378 g/mol. The topological polar surface area (TPSA) is 49.4 Å². The molecule has 2 aliphatic heterocycles. The minimum absolute atomic E-state index is 0. The Balaban J connectivity index is 0.00000243. The molecule has 2 fully saturated rings. The number of halogens is 1. The molecule has 0 radical (unpaired) electrons. The van der Waals surface area contributed by atoms with Gasteiger partial charge in [-0.1, -0.05) is 38.1 Å². The van der Waals surface area contributed by atoms with Crippen molar-refractivity contribution >= 4 is 24.1 Å². The Morgan fingerprint density at radius 2 is 1.77 bits per heavy atom. The van der Waals surface area contributed by atoms with Gasteiger partial charge in [0.1, 0.15) is 0 Å². The van der Waals surface area contributed by atoms with Crippen LogP contribution in [0.4, 0.5) is 0 Å². The summed E-state index contributed by atoms with van der Waals surface area (Å²) in [5, 5.41) is 3.27. The predicted molar refractivity (Wildman–Crippen MR) is 107 cm³/mol. The number of hydrogen-bond donors (Lipinski definition) is 1. The van der Waals surface area contributed by atoms with Gasteiger partial charge < -0.3 is 10.2 Å². The predicted octanol–water partition coefficient (Wildman–Crippen LogP) is 3.48. The maximum Gasteiger partial charge on any atom is 0.239 e. The van der Waals surface area contributed by atoms with Gasteiger partial charge in [0.25, 0.3) is 0 Å². The van der Waals surface area contributed by atoms with Crippen molar-refractivity contribution in [2.75, 3.05) is 19.6 Å². The fourth-order valence-electron chi connectivity index (χ4n) is 3.99. The van der Waals surface area contributed by atoms with Crippen LogP contribution < -0.4 is 5.32 Å². The molecule has 0 saturated carbocycles. The van der Waals surface area contributed by atoms with Gasteiger partial charge in [0.2, 0.25) is 5.91 Å². The van der Waals surface area contributed by atoms with E-state index >= 15 is 0 Å². The Labute approximate surface area is 163 Å². The lowest BCUT2D eigenvalue weighted by Gasteiger charge is -2.33. The zero-order chi connectivity index (χ0) is 17.8. The first-order valence-electron chi connectivity index (χ1n) is 9.70. The van der Waals surface area contributed by atoms with Crippen molar-refractivity contribution in [2.24, 2.45) is 11.8 Å². The second kappa shape index (κ2) is 9.52. The molecule has 2 saturated heterocycles. The van der Waals surface area contributed by atoms with Gasteiger partial charge in [0.15, 0.2) is 5.78 Å². The number of carbonyl (C=O) groups is 2. The molecular weight excluding hydrogens is 348 g/mol. The van der Waals surface area contributed by atoms with Crippen molar-refractivity contribution in [3.63, 3.8) is 0 Å². The smallest absolute Gasteiger partial charge is 0.239 e. The van der Waals surface area contributed by atoms with Crippen molar-refractivity contribution < 1.29 is 9.59 Å². The van der Waals surface area contributed by atoms with E-state index in [0.29, 0.717) is 19.0 Å². The van der Waals surface area contributed by atoms with Gasteiger partial charge >= 0.3 is 0 Å². The standard InChI is InChI=1S/C21H30N2O2.ClH/c1-15(2)14-16-5-7-17(8-6-16)20(24)18-9-12-23(13-10-18)21(25)19-4-3-11-22-19;/h5-8,15,18-19,22H,3-4,9-14H2,1-2H3;1H. The van der Waals surface area contributed by atoms with Crippen molar-refractivity contribution in [1.29, 1.82) is 0 Å². The van der Waals surface area contributed by atoms with E-state index in [1.54, 1.807) is 0 Å². The van der Waals surface area contributed by atoms with Gasteiger partial charge in [-0.15, -0.1) is 12.4 Å². The van der Waals surface area contributed by atoms with Crippen LogP contribution in [0.25, 0.3) is 0 Å². The average molecular weight is 379 g/mol. The summed E-state index contributed by atoms with van der Waals surface area (Å²) in [5.74, 6) is 1.14. The van der Waals surface area contributed by atoms with Crippen molar-refractivity contribution in [2.45, 2.75) is 52.0 Å². The summed E-state index contributed by atoms with van der Waals surface area (Å²) < 4.78 is 0. The number of nitrogens with one attached hydrogen (secondary N) is 1. The molecule has 2 heterocycles. The van der Waals surface area contributed by atoms with Gasteiger partial charge in [-0.05, 0) is 50.1 Å². The number of Topliss-reactive ketones (excluding diaryl/α,β-unsaturated/α-hetero) is 1. The molecule has 3 rings (SSSR count). The molecule has 0 aliphatic carbocycles. The molecule has 1 aromatic carbocycles. The summed E-state index contributed by atoms with van der Waals surface area (Å²) in [5.41, 5.74) is 2.10. The number of piperidine rings is 1. The van der Waals surface area contributed by atoms with E-state index in [4.69, 9.17) is 0 Å². The van der Waals surface area contributed by atoms with Crippen LogP contribution in [-0.4, -0.2) is 42.3 Å². The van der Waals surface area contributed by atoms with Gasteiger partial charge in [0, 0.05) is 24.6 Å². The molecule has 4 nitrogen and oxygen atoms in total. The Morgan fingerprint density at radius 3 is 2.31 bits per heavy atom. The summed E-state index contributed by atoms with van der Waals surface area (Å²) in [6.45, 7) is 6.76. The van der Waals surface area contributed by atoms with Crippen LogP contribution in [-0.2, 0) is 11.2 Å². The summed E-state index contributed by atoms with van der Waals surface area (Å²) in [7, 11) is 0. The molecule has 5 heteroatoms. The first-order valence-corrected chi connectivity index (χ1v) is 9.70. The number of carbonyl (C=O) groups excluding carboxylic acids is 2. The number of nitrogens with zero attached hydrogens (tertiary/aromatic N) is 1. The Hall–Kier alpha value is -1.39. The molecule has 2 aliphatic rings. The van der Waals surface area contributed by atoms with E-state index in [-0.39, 0.29) is 36.1 Å². The molecule has 144 valence electrons. The van der Waals surface area contributed by atoms with E-state index in [0.717, 1.165) is 44.2 Å². The number of rotatable bonds is 5. The normalized spacial score (nSPS) is 20.9. The SMILES string of the molecule is CC(C)Cc1ccc(C(=O)C2CCN(C(=O)C3CCCN3)CC2)cc1.Cl. The second-order valence-corrected chi connectivity index (χ2v) is 7.91. The van der Waals surface area contributed by atoms with Crippen molar-refractivity contribution in [3.8, 4) is 0 Å². The quantitative estimate of drug-likeness (QED) is 0.798.